The molecular weight excluding hydrogens is 228 g/mol. The predicted octanol–water partition coefficient (Wildman–Crippen LogP) is 2.35. The maximum atomic E-state index is 5.73. The summed E-state index contributed by atoms with van der Waals surface area (Å²) in [6, 6.07) is 1.03. The molecule has 0 radical (unpaired) electrons. The highest BCUT2D eigenvalue weighted by Gasteiger charge is 2.12. The minimum atomic E-state index is -1.49. The lowest BCUT2D eigenvalue weighted by Crippen LogP contribution is -2.25. The van der Waals surface area contributed by atoms with E-state index in [0.29, 0.717) is 13.4 Å². The second-order valence-electron chi connectivity index (χ2n) is 3.30. The molecule has 0 aromatic rings. The van der Waals surface area contributed by atoms with Gasteiger partial charge in [0.25, 0.3) is 0 Å². The third-order valence-electron chi connectivity index (χ3n) is 1.94. The molecule has 0 fully saturated rings. The molecule has 0 aromatic carbocycles. The summed E-state index contributed by atoms with van der Waals surface area (Å²) in [6.07, 6.45) is 3.35. The molecule has 15 heavy (non-hydrogen) atoms. The van der Waals surface area contributed by atoms with Gasteiger partial charge < -0.3 is 13.6 Å². The van der Waals surface area contributed by atoms with Crippen LogP contribution in [0.2, 0.25) is 6.04 Å². The van der Waals surface area contributed by atoms with Gasteiger partial charge in [-0.05, 0) is 31.6 Å². The lowest BCUT2D eigenvalue weighted by atomic mass is 10.4. The van der Waals surface area contributed by atoms with E-state index in [1.165, 1.54) is 6.42 Å². The normalized spacial score (nSPS) is 13.0. The Morgan fingerprint density at radius 1 is 1.13 bits per heavy atom. The summed E-state index contributed by atoms with van der Waals surface area (Å²) < 4.78 is 16.5. The van der Waals surface area contributed by atoms with Crippen molar-refractivity contribution >= 4 is 21.9 Å². The van der Waals surface area contributed by atoms with Crippen LogP contribution in [-0.4, -0.2) is 35.0 Å². The molecule has 0 aliphatic heterocycles. The first kappa shape index (κ1) is 15.4. The fourth-order valence-electron chi connectivity index (χ4n) is 1.04. The molecule has 0 rings (SSSR count). The van der Waals surface area contributed by atoms with Gasteiger partial charge in [-0.25, -0.2) is 0 Å². The molecule has 0 saturated carbocycles. The van der Waals surface area contributed by atoms with Crippen LogP contribution in [0.1, 0.15) is 33.1 Å². The molecule has 0 aliphatic carbocycles. The van der Waals surface area contributed by atoms with Gasteiger partial charge in [-0.15, -0.1) is 0 Å². The first-order valence-corrected chi connectivity index (χ1v) is 8.16. The Morgan fingerprint density at radius 2 is 1.93 bits per heavy atom. The van der Waals surface area contributed by atoms with E-state index in [1.807, 2.05) is 6.92 Å². The quantitative estimate of drug-likeness (QED) is 0.265. The van der Waals surface area contributed by atoms with Gasteiger partial charge in [-0.3, -0.25) is 0 Å². The Labute approximate surface area is 101 Å². The van der Waals surface area contributed by atoms with E-state index in [-0.39, 0.29) is 0 Å². The minimum Gasteiger partial charge on any atom is -0.396 e. The molecule has 1 atom stereocenters. The Morgan fingerprint density at radius 3 is 2.53 bits per heavy atom. The van der Waals surface area contributed by atoms with Gasteiger partial charge in [-0.2, -0.15) is 12.6 Å². The summed E-state index contributed by atoms with van der Waals surface area (Å²) in [5, 5.41) is 0. The highest BCUT2D eigenvalue weighted by atomic mass is 32.1. The first-order chi connectivity index (χ1) is 7.35. The van der Waals surface area contributed by atoms with Gasteiger partial charge in [0.05, 0.1) is 0 Å². The lowest BCUT2D eigenvalue weighted by Gasteiger charge is -2.16. The third-order valence-corrected chi connectivity index (χ3v) is 4.25. The van der Waals surface area contributed by atoms with Gasteiger partial charge in [0.2, 0.25) is 0 Å². The third kappa shape index (κ3) is 10.7. The van der Waals surface area contributed by atoms with E-state index in [4.69, 9.17) is 13.6 Å². The number of ether oxygens (including phenoxy) is 1. The molecule has 0 amide bonds. The van der Waals surface area contributed by atoms with Gasteiger partial charge >= 0.3 is 9.28 Å². The van der Waals surface area contributed by atoms with E-state index in [2.05, 4.69) is 19.6 Å². The van der Waals surface area contributed by atoms with E-state index in [1.54, 1.807) is 0 Å². The van der Waals surface area contributed by atoms with Crippen LogP contribution in [0, 0.1) is 0 Å². The SMILES string of the molecule is CCCCO[SiH](CCCS)OCOCC. The molecule has 0 N–H and O–H groups in total. The second kappa shape index (κ2) is 12.5. The zero-order valence-corrected chi connectivity index (χ0v) is 12.0. The van der Waals surface area contributed by atoms with Gasteiger partial charge in [0.15, 0.2) is 0 Å². The van der Waals surface area contributed by atoms with Crippen molar-refractivity contribution in [2.75, 3.05) is 25.8 Å². The maximum absolute atomic E-state index is 5.73. The fraction of sp³-hybridized carbons (Fsp3) is 1.00. The van der Waals surface area contributed by atoms with Gasteiger partial charge in [0, 0.05) is 13.2 Å². The molecule has 0 bridgehead atoms. The Hall–Kier alpha value is 0.447. The number of rotatable bonds is 11. The molecule has 0 spiro atoms. The molecule has 1 unspecified atom stereocenters. The Kier molecular flexibility index (Phi) is 12.9. The minimum absolute atomic E-state index is 0.381. The zero-order chi connectivity index (χ0) is 11.4. The highest BCUT2D eigenvalue weighted by Crippen LogP contribution is 2.04. The number of thiol groups is 1. The molecule has 0 saturated heterocycles. The largest absolute Gasteiger partial charge is 0.396 e. The van der Waals surface area contributed by atoms with Crippen molar-refractivity contribution in [3.05, 3.63) is 0 Å². The summed E-state index contributed by atoms with van der Waals surface area (Å²) in [7, 11) is -1.49. The van der Waals surface area contributed by atoms with E-state index >= 15 is 0 Å². The summed E-state index contributed by atoms with van der Waals surface area (Å²) in [5.74, 6) is 0.901. The smallest absolute Gasteiger partial charge is 0.323 e. The van der Waals surface area contributed by atoms with Crippen LogP contribution < -0.4 is 0 Å². The van der Waals surface area contributed by atoms with Crippen LogP contribution in [0.5, 0.6) is 0 Å². The monoisotopic (exact) mass is 252 g/mol. The van der Waals surface area contributed by atoms with Crippen molar-refractivity contribution in [3.63, 3.8) is 0 Å². The molecular formula is C10H24O3SSi. The summed E-state index contributed by atoms with van der Waals surface area (Å²) in [4.78, 5) is 0. The van der Waals surface area contributed by atoms with Crippen LogP contribution in [0.25, 0.3) is 0 Å². The van der Waals surface area contributed by atoms with E-state index in [0.717, 1.165) is 31.2 Å². The number of hydrogen-bond acceptors (Lipinski definition) is 4. The highest BCUT2D eigenvalue weighted by molar-refractivity contribution is 7.80. The van der Waals surface area contributed by atoms with Crippen LogP contribution in [0.3, 0.4) is 0 Å². The van der Waals surface area contributed by atoms with Crippen LogP contribution in [-0.2, 0) is 13.6 Å². The number of hydrogen-bond donors (Lipinski definition) is 1. The topological polar surface area (TPSA) is 27.7 Å². The van der Waals surface area contributed by atoms with Crippen molar-refractivity contribution in [1.29, 1.82) is 0 Å². The molecule has 92 valence electrons. The predicted molar refractivity (Wildman–Crippen MR) is 68.9 cm³/mol. The van der Waals surface area contributed by atoms with E-state index in [9.17, 15) is 0 Å². The summed E-state index contributed by atoms with van der Waals surface area (Å²) >= 11 is 4.19. The van der Waals surface area contributed by atoms with Crippen molar-refractivity contribution in [2.24, 2.45) is 0 Å². The number of unbranched alkanes of at least 4 members (excludes halogenated alkanes) is 1. The molecule has 0 heterocycles. The van der Waals surface area contributed by atoms with E-state index < -0.39 is 9.28 Å². The average Bonchev–Trinajstić information content (AvgIpc) is 2.25. The van der Waals surface area contributed by atoms with Crippen molar-refractivity contribution < 1.29 is 13.6 Å². The Bertz CT molecular complexity index is 117. The summed E-state index contributed by atoms with van der Waals surface area (Å²) in [6.45, 7) is 6.03. The molecule has 0 aromatic heterocycles. The van der Waals surface area contributed by atoms with Gasteiger partial charge in [-0.1, -0.05) is 13.3 Å². The van der Waals surface area contributed by atoms with Crippen LogP contribution in [0.15, 0.2) is 0 Å². The van der Waals surface area contributed by atoms with Crippen molar-refractivity contribution in [3.8, 4) is 0 Å². The standard InChI is InChI=1S/C10H24O3SSi/c1-3-5-7-12-15(9-6-8-14)13-10-11-4-2/h14-15H,3-10H2,1-2H3. The second-order valence-corrected chi connectivity index (χ2v) is 5.85. The summed E-state index contributed by atoms with van der Waals surface area (Å²) in [5.41, 5.74) is 0. The zero-order valence-electron chi connectivity index (χ0n) is 9.91. The molecule has 0 aliphatic rings. The van der Waals surface area contributed by atoms with Crippen LogP contribution in [0.4, 0.5) is 0 Å². The first-order valence-electron chi connectivity index (χ1n) is 5.76. The van der Waals surface area contributed by atoms with Crippen LogP contribution >= 0.6 is 12.6 Å². The molecule has 5 heteroatoms. The van der Waals surface area contributed by atoms with Gasteiger partial charge in [0.1, 0.15) is 6.79 Å². The maximum Gasteiger partial charge on any atom is 0.323 e. The lowest BCUT2D eigenvalue weighted by molar-refractivity contribution is 0.00376. The van der Waals surface area contributed by atoms with Crippen molar-refractivity contribution in [2.45, 2.75) is 39.2 Å². The Balaban J connectivity index is 3.53. The average molecular weight is 252 g/mol. The van der Waals surface area contributed by atoms with Crippen molar-refractivity contribution in [1.82, 2.24) is 0 Å². The molecule has 3 nitrogen and oxygen atoms in total. The fourth-order valence-corrected chi connectivity index (χ4v) is 3.21.